The van der Waals surface area contributed by atoms with Crippen molar-refractivity contribution in [3.63, 3.8) is 0 Å². The van der Waals surface area contributed by atoms with Crippen LogP contribution in [0.4, 0.5) is 5.69 Å². The highest BCUT2D eigenvalue weighted by Crippen LogP contribution is 2.31. The molecule has 8 heteroatoms. The van der Waals surface area contributed by atoms with E-state index in [4.69, 9.17) is 4.99 Å². The highest BCUT2D eigenvalue weighted by Gasteiger charge is 2.24. The van der Waals surface area contributed by atoms with Gasteiger partial charge in [0.15, 0.2) is 5.96 Å². The molecule has 0 spiro atoms. The second kappa shape index (κ2) is 11.7. The van der Waals surface area contributed by atoms with E-state index in [2.05, 4.69) is 51.3 Å². The lowest BCUT2D eigenvalue weighted by atomic mass is 9.90. The Hall–Kier alpha value is -2.88. The molecule has 2 heterocycles. The maximum atomic E-state index is 12.1. The molecule has 1 aromatic heterocycles. The molecule has 1 atom stereocenters. The molecule has 0 fully saturated rings. The number of amides is 1. The van der Waals surface area contributed by atoms with E-state index in [1.165, 1.54) is 5.56 Å². The van der Waals surface area contributed by atoms with Crippen LogP contribution in [0.3, 0.4) is 0 Å². The van der Waals surface area contributed by atoms with Gasteiger partial charge in [-0.1, -0.05) is 42.5 Å². The number of nitrogens with zero attached hydrogens (tertiary/aromatic N) is 3. The molecule has 1 aliphatic heterocycles. The van der Waals surface area contributed by atoms with Gasteiger partial charge in [-0.15, -0.1) is 24.0 Å². The monoisotopic (exact) mass is 544 g/mol. The highest BCUT2D eigenvalue weighted by molar-refractivity contribution is 14.0. The number of benzene rings is 2. The van der Waals surface area contributed by atoms with Crippen molar-refractivity contribution in [3.8, 4) is 0 Å². The number of hydrogen-bond donors (Lipinski definition) is 3. The van der Waals surface area contributed by atoms with Crippen LogP contribution in [0, 0.1) is 0 Å². The van der Waals surface area contributed by atoms with E-state index in [0.717, 1.165) is 35.9 Å². The van der Waals surface area contributed by atoms with Crippen LogP contribution >= 0.6 is 24.0 Å². The molecule has 2 aromatic carbocycles. The smallest absolute Gasteiger partial charge is 0.225 e. The van der Waals surface area contributed by atoms with E-state index in [9.17, 15) is 4.79 Å². The largest absolute Gasteiger partial charge is 0.357 e. The zero-order valence-corrected chi connectivity index (χ0v) is 20.5. The third-order valence-corrected chi connectivity index (χ3v) is 5.30. The van der Waals surface area contributed by atoms with E-state index in [0.29, 0.717) is 19.5 Å². The number of halogens is 1. The zero-order valence-electron chi connectivity index (χ0n) is 18.1. The Labute approximate surface area is 205 Å². The summed E-state index contributed by atoms with van der Waals surface area (Å²) < 4.78 is 2.05. The molecule has 1 aliphatic rings. The molecule has 1 unspecified atom stereocenters. The van der Waals surface area contributed by atoms with Gasteiger partial charge in [0.25, 0.3) is 0 Å². The number of hydrogen-bond acceptors (Lipinski definition) is 3. The van der Waals surface area contributed by atoms with E-state index >= 15 is 0 Å². The van der Waals surface area contributed by atoms with E-state index < -0.39 is 0 Å². The van der Waals surface area contributed by atoms with Crippen LogP contribution in [0.15, 0.2) is 72.2 Å². The Morgan fingerprint density at radius 2 is 2.03 bits per heavy atom. The highest BCUT2D eigenvalue weighted by atomic mass is 127. The molecule has 4 rings (SSSR count). The maximum absolute atomic E-state index is 12.1. The molecule has 32 heavy (non-hydrogen) atoms. The molecule has 0 saturated heterocycles. The number of carbonyl (C=O) groups excluding carboxylic acids is 1. The summed E-state index contributed by atoms with van der Waals surface area (Å²) in [6.45, 7) is 4.84. The first-order valence-corrected chi connectivity index (χ1v) is 10.7. The second-order valence-corrected chi connectivity index (χ2v) is 7.67. The summed E-state index contributed by atoms with van der Waals surface area (Å²) >= 11 is 0. The fourth-order valence-electron chi connectivity index (χ4n) is 3.83. The standard InChI is InChI=1S/C24H28N6O.HI/c1-2-26-24(28-15-20-13-23(31)29-22-9-4-3-8-21(20)22)27-14-18-6-5-7-19(12-18)16-30-11-10-25-17-30;/h3-12,17,20H,2,13-16H2,1H3,(H,29,31)(H2,26,27,28);1H. The van der Waals surface area contributed by atoms with Gasteiger partial charge in [-0.05, 0) is 29.7 Å². The Morgan fingerprint density at radius 3 is 2.84 bits per heavy atom. The number of carbonyl (C=O) groups is 1. The van der Waals surface area contributed by atoms with Crippen LogP contribution in [0.1, 0.15) is 36.0 Å². The Balaban J connectivity index is 0.00000289. The summed E-state index contributed by atoms with van der Waals surface area (Å²) in [4.78, 5) is 20.9. The molecule has 0 radical (unpaired) electrons. The molecule has 3 N–H and O–H groups in total. The van der Waals surface area contributed by atoms with Crippen molar-refractivity contribution in [1.82, 2.24) is 20.2 Å². The van der Waals surface area contributed by atoms with Crippen LogP contribution in [0.2, 0.25) is 0 Å². The molecule has 1 amide bonds. The van der Waals surface area contributed by atoms with Gasteiger partial charge in [0.05, 0.1) is 12.9 Å². The van der Waals surface area contributed by atoms with Gasteiger partial charge in [-0.3, -0.25) is 4.79 Å². The van der Waals surface area contributed by atoms with Crippen LogP contribution in [-0.2, 0) is 17.9 Å². The van der Waals surface area contributed by atoms with Crippen LogP contribution < -0.4 is 16.0 Å². The summed E-state index contributed by atoms with van der Waals surface area (Å²) in [7, 11) is 0. The van der Waals surface area contributed by atoms with Crippen molar-refractivity contribution in [3.05, 3.63) is 83.9 Å². The molecule has 0 saturated carbocycles. The molecule has 0 bridgehead atoms. The number of aromatic nitrogens is 2. The molecule has 168 valence electrons. The quantitative estimate of drug-likeness (QED) is 0.241. The van der Waals surface area contributed by atoms with Gasteiger partial charge >= 0.3 is 0 Å². The van der Waals surface area contributed by atoms with Crippen molar-refractivity contribution < 1.29 is 4.79 Å². The number of guanidine groups is 1. The first kappa shape index (κ1) is 23.8. The number of imidazole rings is 1. The first-order chi connectivity index (χ1) is 15.2. The summed E-state index contributed by atoms with van der Waals surface area (Å²) in [5.41, 5.74) is 4.44. The summed E-state index contributed by atoms with van der Waals surface area (Å²) in [5.74, 6) is 0.931. The Morgan fingerprint density at radius 1 is 1.19 bits per heavy atom. The van der Waals surface area contributed by atoms with Gasteiger partial charge < -0.3 is 20.5 Å². The predicted octanol–water partition coefficient (Wildman–Crippen LogP) is 3.73. The van der Waals surface area contributed by atoms with E-state index in [1.54, 1.807) is 6.20 Å². The van der Waals surface area contributed by atoms with Crippen molar-refractivity contribution in [2.75, 3.05) is 18.4 Å². The van der Waals surface area contributed by atoms with Crippen LogP contribution in [-0.4, -0.2) is 34.5 Å². The third-order valence-electron chi connectivity index (χ3n) is 5.30. The maximum Gasteiger partial charge on any atom is 0.225 e. The average molecular weight is 544 g/mol. The van der Waals surface area contributed by atoms with E-state index in [-0.39, 0.29) is 35.8 Å². The molecule has 0 aliphatic carbocycles. The van der Waals surface area contributed by atoms with Crippen molar-refractivity contribution in [2.24, 2.45) is 4.99 Å². The van der Waals surface area contributed by atoms with Crippen LogP contribution in [0.5, 0.6) is 0 Å². The first-order valence-electron chi connectivity index (χ1n) is 10.7. The minimum absolute atomic E-state index is 0. The van der Waals surface area contributed by atoms with Gasteiger partial charge in [0, 0.05) is 50.1 Å². The van der Waals surface area contributed by atoms with Crippen molar-refractivity contribution in [1.29, 1.82) is 0 Å². The number of anilines is 1. The fourth-order valence-corrected chi connectivity index (χ4v) is 3.83. The lowest BCUT2D eigenvalue weighted by Crippen LogP contribution is -2.40. The number of aliphatic imine (C=N–C) groups is 1. The molecular weight excluding hydrogens is 515 g/mol. The number of fused-ring (bicyclic) bond motifs is 1. The predicted molar refractivity (Wildman–Crippen MR) is 138 cm³/mol. The van der Waals surface area contributed by atoms with Crippen LogP contribution in [0.25, 0.3) is 0 Å². The average Bonchev–Trinajstić information content (AvgIpc) is 3.28. The lowest BCUT2D eigenvalue weighted by Gasteiger charge is -2.26. The summed E-state index contributed by atoms with van der Waals surface area (Å²) in [6.07, 6.45) is 6.04. The van der Waals surface area contributed by atoms with Crippen molar-refractivity contribution >= 4 is 41.5 Å². The van der Waals surface area contributed by atoms with Gasteiger partial charge in [0.2, 0.25) is 5.91 Å². The normalized spacial score (nSPS) is 15.3. The number of nitrogens with one attached hydrogen (secondary N) is 3. The third kappa shape index (κ3) is 6.32. The molecule has 3 aromatic rings. The molecule has 7 nitrogen and oxygen atoms in total. The minimum atomic E-state index is 0. The number of para-hydroxylation sites is 1. The Bertz CT molecular complexity index is 1050. The topological polar surface area (TPSA) is 83.3 Å². The number of rotatable bonds is 7. The van der Waals surface area contributed by atoms with Gasteiger partial charge in [0.1, 0.15) is 0 Å². The van der Waals surface area contributed by atoms with Gasteiger partial charge in [-0.25, -0.2) is 9.98 Å². The zero-order chi connectivity index (χ0) is 21.5. The minimum Gasteiger partial charge on any atom is -0.357 e. The van der Waals surface area contributed by atoms with Crippen molar-refractivity contribution in [2.45, 2.75) is 32.4 Å². The molecular formula is C24H29IN6O. The van der Waals surface area contributed by atoms with E-state index in [1.807, 2.05) is 42.2 Å². The van der Waals surface area contributed by atoms with Gasteiger partial charge in [-0.2, -0.15) is 0 Å². The SMILES string of the molecule is CCNC(=NCc1cccc(Cn2ccnc2)c1)NCC1CC(=O)Nc2ccccc21.I. The second-order valence-electron chi connectivity index (χ2n) is 7.67. The summed E-state index contributed by atoms with van der Waals surface area (Å²) in [6, 6.07) is 16.4. The summed E-state index contributed by atoms with van der Waals surface area (Å²) in [5, 5.41) is 9.68. The Kier molecular flexibility index (Phi) is 8.66. The lowest BCUT2D eigenvalue weighted by molar-refractivity contribution is -0.116. The fraction of sp³-hybridized carbons (Fsp3) is 0.292.